The monoisotopic (exact) mass is 715 g/mol. The van der Waals surface area contributed by atoms with Gasteiger partial charge in [0, 0.05) is 0 Å². The van der Waals surface area contributed by atoms with Crippen LogP contribution in [0.3, 0.4) is 0 Å². The van der Waals surface area contributed by atoms with Crippen molar-refractivity contribution in [2.45, 2.75) is 28.5 Å². The number of carbonyl (C=O) groups excluding carboxylic acids is 1. The van der Waals surface area contributed by atoms with Crippen LogP contribution in [0.4, 0.5) is 18.0 Å². The average molecular weight is 716 g/mol. The highest BCUT2D eigenvalue weighted by Crippen LogP contribution is 2.23. The standard InChI is InChI=1S/C10H9N3O2S2.C5H4F3N3O3S.C5H7N3O2S2/c11-6-8-7-13(8)10(16)12-17(14,15)9-4-2-1-3-5-9;6-5(7,8)15(13,14)10-4(12)11-2-3(11)1-9;1-12(9,10)7-5(11)8-3-4(8)2-6/h1-5,8H,7H2,(H,12,16);3H,2H2,(H,10,12);4H,3H2,1H3,(H,7,11). The summed E-state index contributed by atoms with van der Waals surface area (Å²) in [7, 11) is -12.6. The Bertz CT molecular complexity index is 1750. The Morgan fingerprint density at radius 1 is 0.795 bits per heavy atom. The molecule has 0 aromatic heterocycles. The van der Waals surface area contributed by atoms with Crippen LogP contribution in [0.15, 0.2) is 35.2 Å². The molecule has 3 atom stereocenters. The number of nitrogens with one attached hydrogen (secondary N) is 3. The van der Waals surface area contributed by atoms with Gasteiger partial charge in [0.15, 0.2) is 10.2 Å². The van der Waals surface area contributed by atoms with E-state index in [1.807, 2.05) is 12.1 Å². The first kappa shape index (κ1) is 36.2. The van der Waals surface area contributed by atoms with Crippen LogP contribution in [0.25, 0.3) is 0 Å². The van der Waals surface area contributed by atoms with Crippen molar-refractivity contribution in [2.75, 3.05) is 25.9 Å². The summed E-state index contributed by atoms with van der Waals surface area (Å²) in [6.07, 6.45) is 1.02. The molecule has 16 nitrogen and oxygen atoms in total. The summed E-state index contributed by atoms with van der Waals surface area (Å²) in [5, 5.41) is 25.4. The van der Waals surface area contributed by atoms with Crippen LogP contribution < -0.4 is 14.2 Å². The largest absolute Gasteiger partial charge is 0.516 e. The molecule has 3 saturated heterocycles. The van der Waals surface area contributed by atoms with Crippen molar-refractivity contribution < 1.29 is 43.2 Å². The fourth-order valence-electron chi connectivity index (χ4n) is 2.70. The Kier molecular flexibility index (Phi) is 11.3. The maximum atomic E-state index is 11.9. The zero-order chi connectivity index (χ0) is 33.7. The van der Waals surface area contributed by atoms with Crippen LogP contribution in [0.5, 0.6) is 0 Å². The molecule has 0 spiro atoms. The SMILES string of the molecule is CS(=O)(=O)NC(=S)N1CC1C#N.N#CC1CN1C(=O)NS(=O)(=O)C(F)(F)F.N#CC1CN1C(=S)NS(=O)(=O)c1ccccc1. The molecule has 0 aliphatic carbocycles. The van der Waals surface area contributed by atoms with Crippen LogP contribution in [-0.2, 0) is 30.1 Å². The maximum Gasteiger partial charge on any atom is 0.516 e. The van der Waals surface area contributed by atoms with Crippen molar-refractivity contribution in [3.05, 3.63) is 30.3 Å². The summed E-state index contributed by atoms with van der Waals surface area (Å²) in [6.45, 7) is 0.917. The van der Waals surface area contributed by atoms with Crippen LogP contribution in [0.2, 0.25) is 0 Å². The number of alkyl halides is 3. The minimum Gasteiger partial charge on any atom is -0.328 e. The van der Waals surface area contributed by atoms with Gasteiger partial charge in [-0.05, 0) is 36.6 Å². The van der Waals surface area contributed by atoms with Gasteiger partial charge in [0.25, 0.3) is 10.0 Å². The molecule has 4 rings (SSSR count). The molecule has 3 aliphatic rings. The zero-order valence-electron chi connectivity index (χ0n) is 22.0. The van der Waals surface area contributed by atoms with Gasteiger partial charge in [0.05, 0.1) is 49.0 Å². The molecular formula is C20H20F3N9O7S5. The van der Waals surface area contributed by atoms with E-state index in [0.717, 1.165) is 11.0 Å². The molecule has 3 unspecified atom stereocenters. The molecule has 3 fully saturated rings. The van der Waals surface area contributed by atoms with E-state index < -0.39 is 47.7 Å². The number of urea groups is 1. The number of hydrogen-bond donors (Lipinski definition) is 3. The number of sulfonamides is 3. The van der Waals surface area contributed by atoms with E-state index in [2.05, 4.69) is 9.44 Å². The number of hydrogen-bond acceptors (Lipinski definition) is 12. The van der Waals surface area contributed by atoms with Crippen molar-refractivity contribution in [2.24, 2.45) is 0 Å². The molecule has 24 heteroatoms. The molecule has 238 valence electrons. The number of amides is 2. The summed E-state index contributed by atoms with van der Waals surface area (Å²) in [5.41, 5.74) is -5.54. The third-order valence-corrected chi connectivity index (χ3v) is 9.04. The molecule has 2 amide bonds. The van der Waals surface area contributed by atoms with Gasteiger partial charge in [-0.1, -0.05) is 18.2 Å². The van der Waals surface area contributed by atoms with Crippen molar-refractivity contribution in [3.8, 4) is 18.2 Å². The second-order valence-electron chi connectivity index (χ2n) is 8.65. The minimum atomic E-state index is -5.68. The lowest BCUT2D eigenvalue weighted by molar-refractivity contribution is -0.0445. The molecule has 0 saturated carbocycles. The van der Waals surface area contributed by atoms with Crippen molar-refractivity contribution in [1.29, 1.82) is 15.8 Å². The molecule has 44 heavy (non-hydrogen) atoms. The van der Waals surface area contributed by atoms with Gasteiger partial charge in [-0.15, -0.1) is 0 Å². The van der Waals surface area contributed by atoms with Gasteiger partial charge in [-0.3, -0.25) is 9.44 Å². The predicted octanol–water partition coefficient (Wildman–Crippen LogP) is -0.761. The number of benzene rings is 1. The normalized spacial score (nSPS) is 19.9. The van der Waals surface area contributed by atoms with Gasteiger partial charge in [-0.25, -0.2) is 26.4 Å². The third kappa shape index (κ3) is 10.6. The lowest BCUT2D eigenvalue weighted by Gasteiger charge is -2.09. The molecule has 1 aromatic rings. The number of thiocarbonyl (C=S) groups is 2. The Morgan fingerprint density at radius 2 is 1.20 bits per heavy atom. The van der Waals surface area contributed by atoms with Crippen molar-refractivity contribution in [3.63, 3.8) is 0 Å². The Balaban J connectivity index is 0.000000234. The van der Waals surface area contributed by atoms with E-state index in [-0.39, 0.29) is 33.7 Å². The van der Waals surface area contributed by atoms with E-state index in [1.165, 1.54) is 21.9 Å². The van der Waals surface area contributed by atoms with Crippen LogP contribution in [0, 0.1) is 34.0 Å². The molecule has 0 radical (unpaired) electrons. The van der Waals surface area contributed by atoms with Gasteiger partial charge >= 0.3 is 21.6 Å². The average Bonchev–Trinajstić information content (AvgIpc) is 3.80. The summed E-state index contributed by atoms with van der Waals surface area (Å²) < 4.78 is 106. The first-order valence-corrected chi connectivity index (χ1v) is 17.1. The Labute approximate surface area is 260 Å². The fraction of sp³-hybridized carbons (Fsp3) is 0.400. The highest BCUT2D eigenvalue weighted by atomic mass is 32.2. The number of halogens is 3. The van der Waals surface area contributed by atoms with Crippen molar-refractivity contribution >= 4 is 70.8 Å². The summed E-state index contributed by atoms with van der Waals surface area (Å²) in [4.78, 5) is 14.6. The lowest BCUT2D eigenvalue weighted by atomic mass is 10.4. The molecule has 3 heterocycles. The zero-order valence-corrected chi connectivity index (χ0v) is 26.0. The van der Waals surface area contributed by atoms with Crippen molar-refractivity contribution in [1.82, 2.24) is 28.9 Å². The summed E-state index contributed by atoms with van der Waals surface area (Å²) >= 11 is 9.63. The quantitative estimate of drug-likeness (QED) is 0.257. The van der Waals surface area contributed by atoms with Crippen LogP contribution in [-0.4, -0.2) is 106 Å². The Morgan fingerprint density at radius 3 is 1.57 bits per heavy atom. The minimum absolute atomic E-state index is 0.0698. The Hall–Kier alpha value is -4.02. The third-order valence-electron chi connectivity index (χ3n) is 5.14. The number of rotatable bonds is 4. The van der Waals surface area contributed by atoms with E-state index in [1.54, 1.807) is 24.3 Å². The molecule has 1 aromatic carbocycles. The fourth-order valence-corrected chi connectivity index (χ4v) is 5.77. The summed E-state index contributed by atoms with van der Waals surface area (Å²) in [6, 6.07) is 10.6. The van der Waals surface area contributed by atoms with E-state index in [0.29, 0.717) is 18.0 Å². The maximum absolute atomic E-state index is 11.9. The van der Waals surface area contributed by atoms with Gasteiger partial charge < -0.3 is 14.7 Å². The van der Waals surface area contributed by atoms with E-state index >= 15 is 0 Å². The number of nitriles is 3. The van der Waals surface area contributed by atoms with Gasteiger partial charge in [0.1, 0.15) is 18.1 Å². The molecule has 0 bridgehead atoms. The van der Waals surface area contributed by atoms with Crippen LogP contribution >= 0.6 is 24.4 Å². The molecule has 3 N–H and O–H groups in total. The van der Waals surface area contributed by atoms with E-state index in [9.17, 15) is 43.2 Å². The molecule has 3 aliphatic heterocycles. The smallest absolute Gasteiger partial charge is 0.328 e. The lowest BCUT2D eigenvalue weighted by Crippen LogP contribution is -2.42. The van der Waals surface area contributed by atoms with E-state index in [4.69, 9.17) is 40.2 Å². The number of nitrogens with zero attached hydrogens (tertiary/aromatic N) is 6. The predicted molar refractivity (Wildman–Crippen MR) is 152 cm³/mol. The first-order chi connectivity index (χ1) is 20.2. The highest BCUT2D eigenvalue weighted by molar-refractivity contribution is 7.92. The van der Waals surface area contributed by atoms with Gasteiger partial charge in [-0.2, -0.15) is 37.4 Å². The van der Waals surface area contributed by atoms with Gasteiger partial charge in [0.2, 0.25) is 10.0 Å². The topological polar surface area (TPSA) is 236 Å². The second-order valence-corrected chi connectivity index (χ2v) is 14.5. The highest BCUT2D eigenvalue weighted by Gasteiger charge is 2.50. The summed E-state index contributed by atoms with van der Waals surface area (Å²) in [5.74, 6) is 0. The second kappa shape index (κ2) is 13.7. The van der Waals surface area contributed by atoms with Crippen LogP contribution in [0.1, 0.15) is 0 Å². The molecular weight excluding hydrogens is 696 g/mol. The number of carbonyl (C=O) groups is 1. The first-order valence-electron chi connectivity index (χ1n) is 11.4.